The standard InChI is InChI=1S/C24H24N4O2/c1-15-6-7-19(12-21(15)24(30)28-20-8-9-22(25)26-14-20)23(29)27-13-16-10-17-4-2-3-5-18(17)11-16/h2-9,12,14,16H,10-11,13H2,1H3,(H2,25,26)(H,27,29)(H,28,30). The smallest absolute Gasteiger partial charge is 0.255 e. The van der Waals surface area contributed by atoms with E-state index in [1.807, 2.05) is 6.92 Å². The van der Waals surface area contributed by atoms with Gasteiger partial charge in [-0.15, -0.1) is 0 Å². The number of pyridine rings is 1. The molecule has 0 radical (unpaired) electrons. The third-order valence-corrected chi connectivity index (χ3v) is 5.48. The Hall–Kier alpha value is -3.67. The van der Waals surface area contributed by atoms with Crippen LogP contribution in [0.25, 0.3) is 0 Å². The highest BCUT2D eigenvalue weighted by Gasteiger charge is 2.22. The highest BCUT2D eigenvalue weighted by Crippen LogP contribution is 2.26. The van der Waals surface area contributed by atoms with E-state index < -0.39 is 0 Å². The number of carbonyl (C=O) groups excluding carboxylic acids is 2. The van der Waals surface area contributed by atoms with E-state index in [0.717, 1.165) is 18.4 Å². The lowest BCUT2D eigenvalue weighted by atomic mass is 10.0. The predicted molar refractivity (Wildman–Crippen MR) is 117 cm³/mol. The molecule has 1 aliphatic carbocycles. The molecule has 6 nitrogen and oxygen atoms in total. The number of amides is 2. The highest BCUT2D eigenvalue weighted by molar-refractivity contribution is 6.07. The minimum atomic E-state index is -0.292. The molecule has 2 aromatic carbocycles. The van der Waals surface area contributed by atoms with Gasteiger partial charge in [-0.2, -0.15) is 0 Å². The third-order valence-electron chi connectivity index (χ3n) is 5.48. The zero-order chi connectivity index (χ0) is 21.1. The van der Waals surface area contributed by atoms with Crippen molar-refractivity contribution in [1.29, 1.82) is 0 Å². The van der Waals surface area contributed by atoms with Gasteiger partial charge in [0.25, 0.3) is 11.8 Å². The highest BCUT2D eigenvalue weighted by atomic mass is 16.2. The minimum Gasteiger partial charge on any atom is -0.384 e. The van der Waals surface area contributed by atoms with Gasteiger partial charge in [-0.1, -0.05) is 30.3 Å². The van der Waals surface area contributed by atoms with Gasteiger partial charge in [0.1, 0.15) is 5.82 Å². The average Bonchev–Trinajstić information content (AvgIpc) is 3.17. The SMILES string of the molecule is Cc1ccc(C(=O)NCC2Cc3ccccc3C2)cc1C(=O)Nc1ccc(N)nc1. The molecule has 2 amide bonds. The molecule has 4 rings (SSSR count). The summed E-state index contributed by atoms with van der Waals surface area (Å²) in [6, 6.07) is 16.9. The van der Waals surface area contributed by atoms with Gasteiger partial charge in [-0.05, 0) is 66.6 Å². The van der Waals surface area contributed by atoms with Crippen molar-refractivity contribution in [3.63, 3.8) is 0 Å². The molecule has 0 atom stereocenters. The molecule has 4 N–H and O–H groups in total. The van der Waals surface area contributed by atoms with Crippen LogP contribution in [-0.2, 0) is 12.8 Å². The molecular formula is C24H24N4O2. The fourth-order valence-electron chi connectivity index (χ4n) is 3.82. The lowest BCUT2D eigenvalue weighted by Gasteiger charge is -2.13. The number of fused-ring (bicyclic) bond motifs is 1. The van der Waals surface area contributed by atoms with Crippen LogP contribution in [0.3, 0.4) is 0 Å². The van der Waals surface area contributed by atoms with Gasteiger partial charge in [0.15, 0.2) is 0 Å². The topological polar surface area (TPSA) is 97.1 Å². The number of nitrogens with one attached hydrogen (secondary N) is 2. The van der Waals surface area contributed by atoms with Gasteiger partial charge in [0, 0.05) is 17.7 Å². The van der Waals surface area contributed by atoms with E-state index >= 15 is 0 Å². The molecule has 0 aliphatic heterocycles. The van der Waals surface area contributed by atoms with Crippen LogP contribution in [0.1, 0.15) is 37.4 Å². The molecule has 1 aromatic heterocycles. The Morgan fingerprint density at radius 1 is 1.03 bits per heavy atom. The largest absolute Gasteiger partial charge is 0.384 e. The number of carbonyl (C=O) groups is 2. The second kappa shape index (κ2) is 8.37. The average molecular weight is 400 g/mol. The van der Waals surface area contributed by atoms with Crippen molar-refractivity contribution in [3.05, 3.63) is 88.6 Å². The van der Waals surface area contributed by atoms with Gasteiger partial charge in [-0.25, -0.2) is 4.98 Å². The molecule has 1 heterocycles. The summed E-state index contributed by atoms with van der Waals surface area (Å²) in [7, 11) is 0. The predicted octanol–water partition coefficient (Wildman–Crippen LogP) is 3.37. The van der Waals surface area contributed by atoms with E-state index in [4.69, 9.17) is 5.73 Å². The lowest BCUT2D eigenvalue weighted by Crippen LogP contribution is -2.30. The number of nitrogens with zero attached hydrogens (tertiary/aromatic N) is 1. The van der Waals surface area contributed by atoms with Crippen LogP contribution in [0, 0.1) is 12.8 Å². The van der Waals surface area contributed by atoms with Crippen LogP contribution >= 0.6 is 0 Å². The molecular weight excluding hydrogens is 376 g/mol. The quantitative estimate of drug-likeness (QED) is 0.612. The number of aromatic nitrogens is 1. The Labute approximate surface area is 175 Å². The first-order valence-corrected chi connectivity index (χ1v) is 9.98. The van der Waals surface area contributed by atoms with Crippen molar-refractivity contribution in [2.45, 2.75) is 19.8 Å². The fourth-order valence-corrected chi connectivity index (χ4v) is 3.82. The molecule has 152 valence electrons. The van der Waals surface area contributed by atoms with Gasteiger partial charge >= 0.3 is 0 Å². The number of nitrogen functional groups attached to an aromatic ring is 1. The molecule has 1 aliphatic rings. The van der Waals surface area contributed by atoms with Crippen LogP contribution < -0.4 is 16.4 Å². The number of nitrogens with two attached hydrogens (primary N) is 1. The van der Waals surface area contributed by atoms with Gasteiger partial charge in [0.2, 0.25) is 0 Å². The summed E-state index contributed by atoms with van der Waals surface area (Å²) < 4.78 is 0. The normalized spacial score (nSPS) is 13.0. The third kappa shape index (κ3) is 4.33. The van der Waals surface area contributed by atoms with Gasteiger partial charge < -0.3 is 16.4 Å². The number of benzene rings is 2. The zero-order valence-corrected chi connectivity index (χ0v) is 16.8. The van der Waals surface area contributed by atoms with E-state index in [1.165, 1.54) is 17.3 Å². The van der Waals surface area contributed by atoms with Crippen LogP contribution in [-0.4, -0.2) is 23.3 Å². The van der Waals surface area contributed by atoms with Crippen molar-refractivity contribution in [3.8, 4) is 0 Å². The zero-order valence-electron chi connectivity index (χ0n) is 16.8. The first-order chi connectivity index (χ1) is 14.5. The molecule has 0 saturated carbocycles. The molecule has 0 bridgehead atoms. The van der Waals surface area contributed by atoms with Crippen molar-refractivity contribution in [2.75, 3.05) is 17.6 Å². The van der Waals surface area contributed by atoms with Crippen LogP contribution in [0.2, 0.25) is 0 Å². The van der Waals surface area contributed by atoms with E-state index in [2.05, 4.69) is 39.9 Å². The lowest BCUT2D eigenvalue weighted by molar-refractivity contribution is 0.0947. The number of hydrogen-bond donors (Lipinski definition) is 3. The molecule has 0 saturated heterocycles. The van der Waals surface area contributed by atoms with Gasteiger partial charge in [0.05, 0.1) is 11.9 Å². The Kier molecular flexibility index (Phi) is 5.48. The maximum Gasteiger partial charge on any atom is 0.255 e. The summed E-state index contributed by atoms with van der Waals surface area (Å²) in [5.74, 6) is 0.319. The van der Waals surface area contributed by atoms with E-state index in [9.17, 15) is 9.59 Å². The van der Waals surface area contributed by atoms with Crippen LogP contribution in [0.15, 0.2) is 60.8 Å². The number of hydrogen-bond acceptors (Lipinski definition) is 4. The summed E-state index contributed by atoms with van der Waals surface area (Å²) in [6.07, 6.45) is 3.46. The Morgan fingerprint density at radius 3 is 2.43 bits per heavy atom. The van der Waals surface area contributed by atoms with E-state index in [0.29, 0.717) is 35.1 Å². The van der Waals surface area contributed by atoms with Crippen molar-refractivity contribution < 1.29 is 9.59 Å². The van der Waals surface area contributed by atoms with E-state index in [1.54, 1.807) is 30.3 Å². The van der Waals surface area contributed by atoms with Crippen molar-refractivity contribution in [2.24, 2.45) is 5.92 Å². The first-order valence-electron chi connectivity index (χ1n) is 9.98. The maximum absolute atomic E-state index is 12.7. The summed E-state index contributed by atoms with van der Waals surface area (Å²) >= 11 is 0. The monoisotopic (exact) mass is 400 g/mol. The molecule has 30 heavy (non-hydrogen) atoms. The Morgan fingerprint density at radius 2 is 1.77 bits per heavy atom. The number of aryl methyl sites for hydroxylation is 1. The van der Waals surface area contributed by atoms with Gasteiger partial charge in [-0.3, -0.25) is 9.59 Å². The van der Waals surface area contributed by atoms with Crippen LogP contribution in [0.4, 0.5) is 11.5 Å². The fraction of sp³-hybridized carbons (Fsp3) is 0.208. The summed E-state index contributed by atoms with van der Waals surface area (Å²) in [5, 5.41) is 5.81. The summed E-state index contributed by atoms with van der Waals surface area (Å²) in [4.78, 5) is 29.3. The number of rotatable bonds is 5. The second-order valence-corrected chi connectivity index (χ2v) is 7.71. The van der Waals surface area contributed by atoms with Crippen molar-refractivity contribution >= 4 is 23.3 Å². The summed E-state index contributed by atoms with van der Waals surface area (Å²) in [6.45, 7) is 2.45. The van der Waals surface area contributed by atoms with Crippen molar-refractivity contribution in [1.82, 2.24) is 10.3 Å². The first kappa shape index (κ1) is 19.6. The summed E-state index contributed by atoms with van der Waals surface area (Å²) in [5.41, 5.74) is 10.6. The molecule has 0 unspecified atom stereocenters. The Bertz CT molecular complexity index is 1070. The molecule has 0 fully saturated rings. The Balaban J connectivity index is 1.40. The maximum atomic E-state index is 12.7. The molecule has 0 spiro atoms. The van der Waals surface area contributed by atoms with E-state index in [-0.39, 0.29) is 11.8 Å². The minimum absolute atomic E-state index is 0.172. The second-order valence-electron chi connectivity index (χ2n) is 7.71. The van der Waals surface area contributed by atoms with Crippen LogP contribution in [0.5, 0.6) is 0 Å². The molecule has 3 aromatic rings. The number of anilines is 2. The molecule has 6 heteroatoms.